The maximum atomic E-state index is 14.5. The molecule has 6 amide bonds. The summed E-state index contributed by atoms with van der Waals surface area (Å²) in [5.74, 6) is 9.87. The van der Waals surface area contributed by atoms with E-state index in [4.69, 9.17) is 60.2 Å². The summed E-state index contributed by atoms with van der Waals surface area (Å²) in [7, 11) is 0. The van der Waals surface area contributed by atoms with Gasteiger partial charge in [0, 0.05) is 61.4 Å². The van der Waals surface area contributed by atoms with Crippen LogP contribution >= 0.6 is 11.6 Å². The SMILES string of the molecule is C=CC(=O)N1CCC2(CC(n3nc(-c4ccc(OCCC)c(F)c4)c(C(N)=O)c3N)C2)C1.CC#CC(=O)N1CC2(CC(n3nc(-c4ccc(OCCC)c(Cl)c4)c(C(N)=O)c3N)C2)C1.CC#CC(=O)N1CCC2(CC(n3nc(-c4ccc(OCC)cc4)c(C(N)=O)c3N)C2)C1. The largest absolute Gasteiger partial charge is 0.494 e. The molecule has 6 aliphatic rings. The number of amides is 6. The Hall–Kier alpha value is -10.0. The van der Waals surface area contributed by atoms with Crippen molar-refractivity contribution in [3.05, 3.63) is 101 Å². The molecular formula is C69H81ClFN15O9. The first kappa shape index (κ1) is 67.9. The molecule has 3 aromatic carbocycles. The molecule has 3 aliphatic heterocycles. The van der Waals surface area contributed by atoms with Crippen LogP contribution in [0.25, 0.3) is 33.8 Å². The van der Waals surface area contributed by atoms with Crippen molar-refractivity contribution < 1.29 is 47.4 Å². The third kappa shape index (κ3) is 13.7. The van der Waals surface area contributed by atoms with Crippen LogP contribution in [0.4, 0.5) is 21.8 Å². The Kier molecular flexibility index (Phi) is 19.9. The van der Waals surface area contributed by atoms with Gasteiger partial charge >= 0.3 is 0 Å². The average Bonchev–Trinajstić information content (AvgIpc) is 1.69. The number of carbonyl (C=O) groups is 6. The summed E-state index contributed by atoms with van der Waals surface area (Å²) in [5.41, 5.74) is 39.4. The summed E-state index contributed by atoms with van der Waals surface area (Å²) in [6, 6.07) is 17.2. The van der Waals surface area contributed by atoms with Gasteiger partial charge in [0.25, 0.3) is 29.5 Å². The lowest BCUT2D eigenvalue weighted by Gasteiger charge is -2.58. The van der Waals surface area contributed by atoms with E-state index in [0.29, 0.717) is 91.6 Å². The van der Waals surface area contributed by atoms with Gasteiger partial charge in [-0.25, -0.2) is 18.4 Å². The standard InChI is InChI=1S/C23H26ClN5O3.C23H28FN5O3.C23H27N5O3/c1-3-5-18(30)28-12-23(13-28)10-15(11-23)29-21(25)19(22(26)31)20(27-29)14-6-7-17(16(24)9-14)32-8-4-2;1-3-9-32-17-6-5-14(10-16(17)24)20-19(22(26)31)21(25)29(27-20)15-11-23(12-15)7-8-28(13-23)18(30)4-2;1-3-5-18(29)27-11-10-23(14-27)12-16(13-23)28-21(24)19(22(25)30)20(26-28)15-6-8-17(9-7-15)31-4-2/h6-7,9,15H,4,8,10-13,25H2,1-2H3,(H2,26,31);4-6,10,15H,2-3,7-9,11-13,25H2,1H3,(H2,26,31);6-9,16H,4,10-14,24H2,1-2H3,(H2,25,30). The molecule has 3 spiro atoms. The number of anilines is 3. The Balaban J connectivity index is 0.000000155. The molecule has 0 radical (unpaired) electrons. The zero-order valence-corrected chi connectivity index (χ0v) is 54.9. The number of hydrogen-bond donors (Lipinski definition) is 6. The fourth-order valence-corrected chi connectivity index (χ4v) is 14.5. The van der Waals surface area contributed by atoms with E-state index in [1.165, 1.54) is 18.2 Å². The number of benzene rings is 3. The molecule has 3 aromatic heterocycles. The van der Waals surface area contributed by atoms with E-state index in [1.807, 2.05) is 49.9 Å². The van der Waals surface area contributed by atoms with Gasteiger partial charge in [0.05, 0.1) is 43.0 Å². The van der Waals surface area contributed by atoms with Crippen LogP contribution in [0.3, 0.4) is 0 Å². The topological polar surface area (TPSA) is 349 Å². The first-order valence-electron chi connectivity index (χ1n) is 31.9. The molecule has 12 N–H and O–H groups in total. The minimum Gasteiger partial charge on any atom is -0.494 e. The maximum Gasteiger partial charge on any atom is 0.298 e. The number of carbonyl (C=O) groups excluding carboxylic acids is 6. The highest BCUT2D eigenvalue weighted by Crippen LogP contribution is 2.57. The monoisotopic (exact) mass is 1320 g/mol. The number of primary amides is 3. The number of aromatic nitrogens is 6. The molecule has 0 bridgehead atoms. The Labute approximate surface area is 555 Å². The van der Waals surface area contributed by atoms with E-state index < -0.39 is 23.5 Å². The van der Waals surface area contributed by atoms with Gasteiger partial charge in [-0.05, 0) is 174 Å². The highest BCUT2D eigenvalue weighted by Gasteiger charge is 2.56. The van der Waals surface area contributed by atoms with E-state index in [0.717, 1.165) is 82.1 Å². The van der Waals surface area contributed by atoms with Gasteiger partial charge in [0.2, 0.25) is 5.91 Å². The first-order valence-corrected chi connectivity index (χ1v) is 32.3. The van der Waals surface area contributed by atoms with Crippen molar-refractivity contribution in [1.29, 1.82) is 0 Å². The Morgan fingerprint density at radius 3 is 1.41 bits per heavy atom. The van der Waals surface area contributed by atoms with Crippen molar-refractivity contribution in [2.24, 2.45) is 33.4 Å². The Morgan fingerprint density at radius 2 is 0.979 bits per heavy atom. The molecule has 95 heavy (non-hydrogen) atoms. The number of likely N-dealkylation sites (tertiary alicyclic amines) is 3. The van der Waals surface area contributed by atoms with Gasteiger partial charge in [0.15, 0.2) is 11.6 Å². The molecule has 26 heteroatoms. The van der Waals surface area contributed by atoms with Crippen molar-refractivity contribution in [3.8, 4) is 74.7 Å². The average molecular weight is 1320 g/mol. The number of halogens is 2. The van der Waals surface area contributed by atoms with Crippen LogP contribution in [0.1, 0.15) is 148 Å². The zero-order chi connectivity index (χ0) is 68.3. The third-order valence-corrected chi connectivity index (χ3v) is 19.2. The number of ether oxygens (including phenoxy) is 3. The molecule has 3 saturated heterocycles. The predicted molar refractivity (Wildman–Crippen MR) is 358 cm³/mol. The first-order chi connectivity index (χ1) is 45.4. The smallest absolute Gasteiger partial charge is 0.298 e. The lowest BCUT2D eigenvalue weighted by molar-refractivity contribution is -0.148. The summed E-state index contributed by atoms with van der Waals surface area (Å²) in [6.45, 7) is 18.5. The van der Waals surface area contributed by atoms with Gasteiger partial charge in [-0.2, -0.15) is 15.3 Å². The molecule has 3 saturated carbocycles. The van der Waals surface area contributed by atoms with Crippen molar-refractivity contribution in [3.63, 3.8) is 0 Å². The molecule has 500 valence electrons. The minimum atomic E-state index is -0.715. The molecule has 6 heterocycles. The van der Waals surface area contributed by atoms with E-state index in [-0.39, 0.29) is 91.9 Å². The molecule has 3 aliphatic carbocycles. The van der Waals surface area contributed by atoms with Crippen LogP contribution in [0.15, 0.2) is 73.3 Å². The second kappa shape index (κ2) is 27.9. The van der Waals surface area contributed by atoms with Crippen molar-refractivity contribution in [2.45, 2.75) is 117 Å². The quantitative estimate of drug-likeness (QED) is 0.0351. The number of rotatable bonds is 18. The summed E-state index contributed by atoms with van der Waals surface area (Å²) >= 11 is 6.37. The molecule has 6 fully saturated rings. The Bertz CT molecular complexity index is 4110. The maximum absolute atomic E-state index is 14.5. The number of nitrogens with two attached hydrogens (primary N) is 6. The van der Waals surface area contributed by atoms with E-state index >= 15 is 0 Å². The van der Waals surface area contributed by atoms with Crippen molar-refractivity contribution >= 4 is 64.5 Å². The number of nitrogens with zero attached hydrogens (tertiary/aromatic N) is 9. The highest BCUT2D eigenvalue weighted by molar-refractivity contribution is 6.32. The van der Waals surface area contributed by atoms with Crippen LogP contribution in [-0.4, -0.2) is 139 Å². The zero-order valence-electron chi connectivity index (χ0n) is 54.1. The van der Waals surface area contributed by atoms with E-state index in [1.54, 1.807) is 62.0 Å². The van der Waals surface area contributed by atoms with Crippen LogP contribution in [-0.2, 0) is 14.4 Å². The van der Waals surface area contributed by atoms with Crippen LogP contribution in [0.5, 0.6) is 17.2 Å². The summed E-state index contributed by atoms with van der Waals surface area (Å²) < 4.78 is 36.0. The van der Waals surface area contributed by atoms with Gasteiger partial charge < -0.3 is 63.3 Å². The summed E-state index contributed by atoms with van der Waals surface area (Å²) in [5, 5.41) is 14.3. The molecule has 24 nitrogen and oxygen atoms in total. The second-order valence-corrected chi connectivity index (χ2v) is 25.9. The fourth-order valence-electron chi connectivity index (χ4n) is 14.2. The van der Waals surface area contributed by atoms with Crippen molar-refractivity contribution in [1.82, 2.24) is 44.0 Å². The second-order valence-electron chi connectivity index (χ2n) is 25.5. The summed E-state index contributed by atoms with van der Waals surface area (Å²) in [6.07, 6.45) is 9.73. The van der Waals surface area contributed by atoms with Crippen molar-refractivity contribution in [2.75, 3.05) is 76.3 Å². The number of nitrogen functional groups attached to an aromatic ring is 3. The van der Waals surface area contributed by atoms with Crippen LogP contribution in [0.2, 0.25) is 5.02 Å². The molecule has 0 atom stereocenters. The number of hydrogen-bond acceptors (Lipinski definition) is 15. The highest BCUT2D eigenvalue weighted by atomic mass is 35.5. The fraction of sp³-hybridized carbons (Fsp3) is 0.435. The molecule has 12 rings (SSSR count). The third-order valence-electron chi connectivity index (χ3n) is 18.9. The normalized spacial score (nSPS) is 17.1. The lowest BCUT2D eigenvalue weighted by atomic mass is 9.60. The molecule has 6 aromatic rings. The minimum absolute atomic E-state index is 0.0161. The Morgan fingerprint density at radius 1 is 0.579 bits per heavy atom. The summed E-state index contributed by atoms with van der Waals surface area (Å²) in [4.78, 5) is 77.8. The molecular weight excluding hydrogens is 1240 g/mol. The van der Waals surface area contributed by atoms with Gasteiger partial charge in [-0.3, -0.25) is 28.8 Å². The van der Waals surface area contributed by atoms with E-state index in [2.05, 4.69) is 45.6 Å². The van der Waals surface area contributed by atoms with Crippen LogP contribution in [0, 0.1) is 45.7 Å². The van der Waals surface area contributed by atoms with E-state index in [9.17, 15) is 33.2 Å². The lowest BCUT2D eigenvalue weighted by Crippen LogP contribution is -2.63. The van der Waals surface area contributed by atoms with Gasteiger partial charge in [0.1, 0.15) is 62.7 Å². The van der Waals surface area contributed by atoms with Crippen LogP contribution < -0.4 is 48.6 Å². The predicted octanol–water partition coefficient (Wildman–Crippen LogP) is 7.97. The molecule has 0 unspecified atom stereocenters. The van der Waals surface area contributed by atoms with Gasteiger partial charge in [-0.15, -0.1) is 0 Å². The van der Waals surface area contributed by atoms with Gasteiger partial charge in [-0.1, -0.05) is 43.9 Å².